The van der Waals surface area contributed by atoms with E-state index < -0.39 is 0 Å². The van der Waals surface area contributed by atoms with Crippen molar-refractivity contribution in [2.75, 3.05) is 5.32 Å². The van der Waals surface area contributed by atoms with E-state index in [1.54, 1.807) is 0 Å². The Balaban J connectivity index is 1.67. The minimum absolute atomic E-state index is 0.0967. The molecule has 0 aliphatic heterocycles. The van der Waals surface area contributed by atoms with Crippen LogP contribution in [-0.2, 0) is 0 Å². The van der Waals surface area contributed by atoms with Crippen molar-refractivity contribution in [2.45, 2.75) is 38.1 Å². The Bertz CT molecular complexity index is 570. The van der Waals surface area contributed by atoms with Gasteiger partial charge in [0.25, 0.3) is 0 Å². The lowest BCUT2D eigenvalue weighted by Gasteiger charge is -2.22. The molecule has 1 fully saturated rings. The number of urea groups is 1. The summed E-state index contributed by atoms with van der Waals surface area (Å²) < 4.78 is 0. The molecule has 0 spiro atoms. The standard InChI is InChI=1S/C15H19N3O/c19-15(17-11-5-2-1-3-6-11)18-14-8-4-7-13-12(14)9-10-16-13/h4,7-11,16H,1-3,5-6H2,(H2,17,18,19). The number of carbonyl (C=O) groups is 1. The van der Waals surface area contributed by atoms with Gasteiger partial charge in [-0.05, 0) is 31.0 Å². The number of benzene rings is 1. The van der Waals surface area contributed by atoms with Gasteiger partial charge in [-0.15, -0.1) is 0 Å². The highest BCUT2D eigenvalue weighted by Gasteiger charge is 2.15. The maximum Gasteiger partial charge on any atom is 0.319 e. The first-order valence-corrected chi connectivity index (χ1v) is 6.96. The van der Waals surface area contributed by atoms with Crippen LogP contribution in [0.5, 0.6) is 0 Å². The van der Waals surface area contributed by atoms with Gasteiger partial charge in [0, 0.05) is 23.1 Å². The van der Waals surface area contributed by atoms with Crippen LogP contribution in [0.25, 0.3) is 10.9 Å². The molecule has 1 heterocycles. The van der Waals surface area contributed by atoms with Crippen LogP contribution in [0.15, 0.2) is 30.5 Å². The van der Waals surface area contributed by atoms with E-state index in [-0.39, 0.29) is 6.03 Å². The molecule has 0 unspecified atom stereocenters. The molecule has 19 heavy (non-hydrogen) atoms. The molecule has 100 valence electrons. The van der Waals surface area contributed by atoms with Gasteiger partial charge >= 0.3 is 6.03 Å². The highest BCUT2D eigenvalue weighted by Crippen LogP contribution is 2.22. The first-order valence-electron chi connectivity index (χ1n) is 6.96. The zero-order chi connectivity index (χ0) is 13.1. The Hall–Kier alpha value is -1.97. The fourth-order valence-electron chi connectivity index (χ4n) is 2.79. The van der Waals surface area contributed by atoms with Crippen molar-refractivity contribution in [1.29, 1.82) is 0 Å². The van der Waals surface area contributed by atoms with E-state index in [0.29, 0.717) is 6.04 Å². The highest BCUT2D eigenvalue weighted by molar-refractivity contribution is 6.00. The van der Waals surface area contributed by atoms with Crippen LogP contribution in [0, 0.1) is 0 Å². The highest BCUT2D eigenvalue weighted by atomic mass is 16.2. The fraction of sp³-hybridized carbons (Fsp3) is 0.400. The van der Waals surface area contributed by atoms with Gasteiger partial charge in [0.15, 0.2) is 0 Å². The molecule has 1 aromatic carbocycles. The first-order chi connectivity index (χ1) is 9.33. The predicted octanol–water partition coefficient (Wildman–Crippen LogP) is 3.62. The molecule has 1 aliphatic carbocycles. The van der Waals surface area contributed by atoms with Gasteiger partial charge in [-0.1, -0.05) is 25.3 Å². The van der Waals surface area contributed by atoms with Gasteiger partial charge in [0.2, 0.25) is 0 Å². The average molecular weight is 257 g/mol. The molecular formula is C15H19N3O. The quantitative estimate of drug-likeness (QED) is 0.756. The number of hydrogen-bond acceptors (Lipinski definition) is 1. The number of aromatic nitrogens is 1. The van der Waals surface area contributed by atoms with Crippen molar-refractivity contribution in [1.82, 2.24) is 10.3 Å². The number of anilines is 1. The number of aromatic amines is 1. The molecule has 3 N–H and O–H groups in total. The van der Waals surface area contributed by atoms with Gasteiger partial charge in [-0.3, -0.25) is 0 Å². The maximum absolute atomic E-state index is 12.0. The largest absolute Gasteiger partial charge is 0.361 e. The number of nitrogens with one attached hydrogen (secondary N) is 3. The molecule has 2 amide bonds. The molecule has 2 aromatic rings. The minimum Gasteiger partial charge on any atom is -0.361 e. The van der Waals surface area contributed by atoms with E-state index in [4.69, 9.17) is 0 Å². The van der Waals surface area contributed by atoms with E-state index in [0.717, 1.165) is 29.4 Å². The van der Waals surface area contributed by atoms with Crippen molar-refractivity contribution in [3.8, 4) is 0 Å². The molecule has 0 atom stereocenters. The predicted molar refractivity (Wildman–Crippen MR) is 77.3 cm³/mol. The van der Waals surface area contributed by atoms with Crippen LogP contribution in [0.1, 0.15) is 32.1 Å². The van der Waals surface area contributed by atoms with Crippen LogP contribution >= 0.6 is 0 Å². The Morgan fingerprint density at radius 3 is 2.84 bits per heavy atom. The number of carbonyl (C=O) groups excluding carboxylic acids is 1. The van der Waals surface area contributed by atoms with Gasteiger partial charge in [0.1, 0.15) is 0 Å². The number of H-pyrrole nitrogens is 1. The lowest BCUT2D eigenvalue weighted by Crippen LogP contribution is -2.39. The molecule has 0 bridgehead atoms. The minimum atomic E-state index is -0.0967. The Morgan fingerprint density at radius 1 is 1.16 bits per heavy atom. The number of hydrogen-bond donors (Lipinski definition) is 3. The monoisotopic (exact) mass is 257 g/mol. The summed E-state index contributed by atoms with van der Waals surface area (Å²) >= 11 is 0. The Morgan fingerprint density at radius 2 is 2.00 bits per heavy atom. The third kappa shape index (κ3) is 2.72. The molecule has 4 heteroatoms. The second kappa shape index (κ2) is 5.34. The summed E-state index contributed by atoms with van der Waals surface area (Å²) in [4.78, 5) is 15.2. The molecule has 0 radical (unpaired) electrons. The summed E-state index contributed by atoms with van der Waals surface area (Å²) in [6.07, 6.45) is 7.82. The van der Waals surface area contributed by atoms with Crippen molar-refractivity contribution in [3.63, 3.8) is 0 Å². The van der Waals surface area contributed by atoms with E-state index >= 15 is 0 Å². The van der Waals surface area contributed by atoms with Crippen LogP contribution < -0.4 is 10.6 Å². The van der Waals surface area contributed by atoms with Crippen LogP contribution in [0.4, 0.5) is 10.5 Å². The van der Waals surface area contributed by atoms with Crippen molar-refractivity contribution in [3.05, 3.63) is 30.5 Å². The molecule has 1 saturated carbocycles. The molecule has 1 aliphatic rings. The Labute approximate surface area is 112 Å². The number of rotatable bonds is 2. The van der Waals surface area contributed by atoms with Gasteiger partial charge in [-0.2, -0.15) is 0 Å². The number of amides is 2. The molecule has 1 aromatic heterocycles. The van der Waals surface area contributed by atoms with Crippen LogP contribution in [-0.4, -0.2) is 17.1 Å². The van der Waals surface area contributed by atoms with E-state index in [9.17, 15) is 4.79 Å². The first kappa shape index (κ1) is 12.1. The van der Waals surface area contributed by atoms with Crippen molar-refractivity contribution < 1.29 is 4.79 Å². The smallest absolute Gasteiger partial charge is 0.319 e. The van der Waals surface area contributed by atoms with E-state index in [2.05, 4.69) is 15.6 Å². The SMILES string of the molecule is O=C(Nc1cccc2[nH]ccc12)NC1CCCCC1. The summed E-state index contributed by atoms with van der Waals surface area (Å²) in [6.45, 7) is 0. The topological polar surface area (TPSA) is 56.9 Å². The van der Waals surface area contributed by atoms with Crippen molar-refractivity contribution in [2.24, 2.45) is 0 Å². The Kier molecular flexibility index (Phi) is 3.40. The van der Waals surface area contributed by atoms with E-state index in [1.807, 2.05) is 30.5 Å². The lowest BCUT2D eigenvalue weighted by molar-refractivity contribution is 0.244. The van der Waals surface area contributed by atoms with Crippen LogP contribution in [0.3, 0.4) is 0 Å². The van der Waals surface area contributed by atoms with Crippen molar-refractivity contribution >= 4 is 22.6 Å². The summed E-state index contributed by atoms with van der Waals surface area (Å²) in [5, 5.41) is 7.06. The van der Waals surface area contributed by atoms with Gasteiger partial charge in [-0.25, -0.2) is 4.79 Å². The van der Waals surface area contributed by atoms with Crippen LogP contribution in [0.2, 0.25) is 0 Å². The lowest BCUT2D eigenvalue weighted by atomic mass is 9.96. The van der Waals surface area contributed by atoms with Gasteiger partial charge in [0.05, 0.1) is 5.69 Å². The molecule has 4 nitrogen and oxygen atoms in total. The summed E-state index contributed by atoms with van der Waals surface area (Å²) in [5.74, 6) is 0. The van der Waals surface area contributed by atoms with Gasteiger partial charge < -0.3 is 15.6 Å². The third-order valence-electron chi connectivity index (χ3n) is 3.78. The number of fused-ring (bicyclic) bond motifs is 1. The average Bonchev–Trinajstić information content (AvgIpc) is 2.89. The second-order valence-corrected chi connectivity index (χ2v) is 5.18. The molecule has 3 rings (SSSR count). The summed E-state index contributed by atoms with van der Waals surface area (Å²) in [5.41, 5.74) is 1.89. The van der Waals surface area contributed by atoms with E-state index in [1.165, 1.54) is 19.3 Å². The third-order valence-corrected chi connectivity index (χ3v) is 3.78. The zero-order valence-electron chi connectivity index (χ0n) is 10.9. The maximum atomic E-state index is 12.0. The summed E-state index contributed by atoms with van der Waals surface area (Å²) in [6, 6.07) is 8.08. The molecular weight excluding hydrogens is 238 g/mol. The zero-order valence-corrected chi connectivity index (χ0v) is 10.9. The normalized spacial score (nSPS) is 16.4. The fourth-order valence-corrected chi connectivity index (χ4v) is 2.79. The molecule has 0 saturated heterocycles. The second-order valence-electron chi connectivity index (χ2n) is 5.18. The summed E-state index contributed by atoms with van der Waals surface area (Å²) in [7, 11) is 0.